The number of anilines is 2. The lowest BCUT2D eigenvalue weighted by Gasteiger charge is -2.14. The molecule has 0 bridgehead atoms. The number of benzene rings is 2. The molecule has 4 heteroatoms. The van der Waals surface area contributed by atoms with Crippen LogP contribution in [0.25, 0.3) is 0 Å². The molecule has 0 fully saturated rings. The summed E-state index contributed by atoms with van der Waals surface area (Å²) < 4.78 is 1.14. The molecule has 0 aliphatic carbocycles. The van der Waals surface area contributed by atoms with Gasteiger partial charge in [0.05, 0.1) is 5.69 Å². The van der Waals surface area contributed by atoms with E-state index in [0.29, 0.717) is 5.11 Å². The van der Waals surface area contributed by atoms with Gasteiger partial charge in [-0.05, 0) is 78.0 Å². The van der Waals surface area contributed by atoms with E-state index in [1.165, 1.54) is 11.1 Å². The van der Waals surface area contributed by atoms with Crippen LogP contribution in [0.3, 0.4) is 0 Å². The van der Waals surface area contributed by atoms with Crippen molar-refractivity contribution in [3.8, 4) is 0 Å². The molecule has 0 aliphatic rings. The van der Waals surface area contributed by atoms with Crippen LogP contribution in [0.5, 0.6) is 0 Å². The second-order valence-electron chi connectivity index (χ2n) is 4.31. The van der Waals surface area contributed by atoms with Crippen molar-refractivity contribution in [2.75, 3.05) is 10.6 Å². The van der Waals surface area contributed by atoms with Crippen molar-refractivity contribution in [1.29, 1.82) is 0 Å². The average Bonchev–Trinajstić information content (AvgIpc) is 2.38. The number of hydrogen-bond acceptors (Lipinski definition) is 1. The van der Waals surface area contributed by atoms with Crippen molar-refractivity contribution >= 4 is 51.3 Å². The van der Waals surface area contributed by atoms with Gasteiger partial charge in [-0.15, -0.1) is 0 Å². The van der Waals surface area contributed by atoms with Crippen LogP contribution in [0.4, 0.5) is 11.4 Å². The van der Waals surface area contributed by atoms with Crippen LogP contribution in [0, 0.1) is 17.4 Å². The molecule has 2 aromatic carbocycles. The quantitative estimate of drug-likeness (QED) is 0.581. The molecule has 0 saturated heterocycles. The molecule has 0 spiro atoms. The fourth-order valence-corrected chi connectivity index (χ4v) is 2.47. The third-order valence-corrected chi connectivity index (χ3v) is 4.12. The molecule has 0 radical (unpaired) electrons. The zero-order valence-electron chi connectivity index (χ0n) is 10.8. The Morgan fingerprint density at radius 1 is 0.947 bits per heavy atom. The maximum absolute atomic E-state index is 5.36. The molecule has 0 amide bonds. The number of nitrogens with one attached hydrogen (secondary N) is 2. The summed E-state index contributed by atoms with van der Waals surface area (Å²) in [6.45, 7) is 4.18. The summed E-state index contributed by atoms with van der Waals surface area (Å²) in [7, 11) is 0. The number of aryl methyl sites for hydroxylation is 1. The molecule has 0 aromatic heterocycles. The normalized spacial score (nSPS) is 10.1. The molecule has 0 heterocycles. The Balaban J connectivity index is 2.10. The van der Waals surface area contributed by atoms with E-state index in [1.54, 1.807) is 0 Å². The number of rotatable bonds is 2. The second-order valence-corrected chi connectivity index (χ2v) is 5.88. The molecular formula is C15H15IN2S. The summed E-state index contributed by atoms with van der Waals surface area (Å²) in [5.41, 5.74) is 4.53. The van der Waals surface area contributed by atoms with Crippen LogP contribution < -0.4 is 10.6 Å². The maximum Gasteiger partial charge on any atom is 0.175 e. The highest BCUT2D eigenvalue weighted by atomic mass is 127. The van der Waals surface area contributed by atoms with Crippen LogP contribution in [0.2, 0.25) is 0 Å². The lowest BCUT2D eigenvalue weighted by Crippen LogP contribution is -2.20. The lowest BCUT2D eigenvalue weighted by molar-refractivity contribution is 1.34. The summed E-state index contributed by atoms with van der Waals surface area (Å²) in [6.07, 6.45) is 0. The van der Waals surface area contributed by atoms with Gasteiger partial charge in [0, 0.05) is 9.26 Å². The third-order valence-electron chi connectivity index (χ3n) is 2.97. The Labute approximate surface area is 132 Å². The molecular weight excluding hydrogens is 367 g/mol. The number of thiocarbonyl (C=S) groups is 1. The molecule has 0 atom stereocenters. The van der Waals surface area contributed by atoms with Gasteiger partial charge in [0.1, 0.15) is 0 Å². The van der Waals surface area contributed by atoms with Crippen LogP contribution in [0.1, 0.15) is 11.1 Å². The highest BCUT2D eigenvalue weighted by molar-refractivity contribution is 14.1. The minimum Gasteiger partial charge on any atom is -0.332 e. The lowest BCUT2D eigenvalue weighted by atomic mass is 10.1. The zero-order chi connectivity index (χ0) is 13.8. The predicted octanol–water partition coefficient (Wildman–Crippen LogP) is 4.72. The van der Waals surface area contributed by atoms with Gasteiger partial charge in [0.2, 0.25) is 0 Å². The molecule has 2 aromatic rings. The van der Waals surface area contributed by atoms with E-state index >= 15 is 0 Å². The molecule has 98 valence electrons. The van der Waals surface area contributed by atoms with Gasteiger partial charge in [0.15, 0.2) is 5.11 Å². The smallest absolute Gasteiger partial charge is 0.175 e. The van der Waals surface area contributed by atoms with Crippen LogP contribution in [-0.4, -0.2) is 5.11 Å². The van der Waals surface area contributed by atoms with E-state index in [2.05, 4.69) is 53.1 Å². The largest absolute Gasteiger partial charge is 0.332 e. The van der Waals surface area contributed by atoms with E-state index in [-0.39, 0.29) is 0 Å². The van der Waals surface area contributed by atoms with Gasteiger partial charge >= 0.3 is 0 Å². The molecule has 0 saturated carbocycles. The van der Waals surface area contributed by atoms with E-state index < -0.39 is 0 Å². The van der Waals surface area contributed by atoms with Gasteiger partial charge in [-0.25, -0.2) is 0 Å². The molecule has 2 nitrogen and oxygen atoms in total. The first kappa shape index (κ1) is 14.3. The van der Waals surface area contributed by atoms with Gasteiger partial charge in [-0.2, -0.15) is 0 Å². The second kappa shape index (κ2) is 6.34. The highest BCUT2D eigenvalue weighted by Crippen LogP contribution is 2.20. The van der Waals surface area contributed by atoms with Crippen molar-refractivity contribution in [2.45, 2.75) is 13.8 Å². The maximum atomic E-state index is 5.36. The van der Waals surface area contributed by atoms with Crippen molar-refractivity contribution in [2.24, 2.45) is 0 Å². The van der Waals surface area contributed by atoms with Crippen LogP contribution in [-0.2, 0) is 0 Å². The van der Waals surface area contributed by atoms with Crippen molar-refractivity contribution < 1.29 is 0 Å². The average molecular weight is 382 g/mol. The summed E-state index contributed by atoms with van der Waals surface area (Å²) in [5, 5.41) is 7.07. The Morgan fingerprint density at radius 2 is 1.58 bits per heavy atom. The van der Waals surface area contributed by atoms with E-state index in [0.717, 1.165) is 14.9 Å². The molecule has 0 unspecified atom stereocenters. The van der Waals surface area contributed by atoms with E-state index in [1.807, 2.05) is 36.4 Å². The van der Waals surface area contributed by atoms with Gasteiger partial charge in [-0.3, -0.25) is 0 Å². The number of para-hydroxylation sites is 1. The van der Waals surface area contributed by atoms with Gasteiger partial charge < -0.3 is 10.6 Å². The zero-order valence-corrected chi connectivity index (χ0v) is 13.8. The van der Waals surface area contributed by atoms with Gasteiger partial charge in [-0.1, -0.05) is 24.3 Å². The SMILES string of the molecule is Cc1cccc(NC(=S)Nc2ccccc2I)c1C. The molecule has 19 heavy (non-hydrogen) atoms. The van der Waals surface area contributed by atoms with E-state index in [9.17, 15) is 0 Å². The van der Waals surface area contributed by atoms with Gasteiger partial charge in [0.25, 0.3) is 0 Å². The fourth-order valence-electron chi connectivity index (χ4n) is 1.72. The summed E-state index contributed by atoms with van der Waals surface area (Å²) in [6, 6.07) is 14.2. The number of halogens is 1. The first-order chi connectivity index (χ1) is 9.08. The Morgan fingerprint density at radius 3 is 2.32 bits per heavy atom. The first-order valence-corrected chi connectivity index (χ1v) is 7.45. The van der Waals surface area contributed by atoms with E-state index in [4.69, 9.17) is 12.2 Å². The third kappa shape index (κ3) is 3.67. The minimum absolute atomic E-state index is 0.609. The summed E-state index contributed by atoms with van der Waals surface area (Å²) in [5.74, 6) is 0. The predicted molar refractivity (Wildman–Crippen MR) is 94.9 cm³/mol. The molecule has 2 rings (SSSR count). The Kier molecular flexibility index (Phi) is 4.76. The van der Waals surface area contributed by atoms with Crippen molar-refractivity contribution in [3.63, 3.8) is 0 Å². The first-order valence-electron chi connectivity index (χ1n) is 5.96. The summed E-state index contributed by atoms with van der Waals surface area (Å²) >= 11 is 7.64. The summed E-state index contributed by atoms with van der Waals surface area (Å²) in [4.78, 5) is 0. The van der Waals surface area contributed by atoms with Crippen LogP contribution >= 0.6 is 34.8 Å². The Bertz CT molecular complexity index is 611. The van der Waals surface area contributed by atoms with Crippen molar-refractivity contribution in [3.05, 3.63) is 57.2 Å². The monoisotopic (exact) mass is 382 g/mol. The fraction of sp³-hybridized carbons (Fsp3) is 0.133. The van der Waals surface area contributed by atoms with Crippen molar-refractivity contribution in [1.82, 2.24) is 0 Å². The molecule has 2 N–H and O–H groups in total. The minimum atomic E-state index is 0.609. The Hall–Kier alpha value is -1.14. The standard InChI is InChI=1S/C15H15IN2S/c1-10-6-5-9-13(11(10)2)17-15(19)18-14-8-4-3-7-12(14)16/h3-9H,1-2H3,(H2,17,18,19). The topological polar surface area (TPSA) is 24.1 Å². The molecule has 0 aliphatic heterocycles. The highest BCUT2D eigenvalue weighted by Gasteiger charge is 2.04. The van der Waals surface area contributed by atoms with Crippen LogP contribution in [0.15, 0.2) is 42.5 Å². The number of hydrogen-bond donors (Lipinski definition) is 2.